The third-order valence-corrected chi connectivity index (χ3v) is 3.71. The number of hydrogen-bond acceptors (Lipinski definition) is 2. The number of anilines is 2. The van der Waals surface area contributed by atoms with Crippen molar-refractivity contribution >= 4 is 23.0 Å². The van der Waals surface area contributed by atoms with Crippen LogP contribution < -0.4 is 10.2 Å². The molecule has 0 radical (unpaired) electrons. The molecule has 0 amide bonds. The van der Waals surface area contributed by atoms with E-state index < -0.39 is 0 Å². The summed E-state index contributed by atoms with van der Waals surface area (Å²) in [4.78, 5) is 2.44. The summed E-state index contributed by atoms with van der Waals surface area (Å²) in [6, 6.07) is 18.5. The molecule has 0 spiro atoms. The third-order valence-electron chi connectivity index (χ3n) is 3.46. The van der Waals surface area contributed by atoms with Gasteiger partial charge in [-0.1, -0.05) is 43.1 Å². The fourth-order valence-corrected chi connectivity index (χ4v) is 2.39. The summed E-state index contributed by atoms with van der Waals surface area (Å²) in [5.74, 6) is 0. The normalized spacial score (nSPS) is 10.4. The van der Waals surface area contributed by atoms with Gasteiger partial charge in [-0.2, -0.15) is 0 Å². The topological polar surface area (TPSA) is 15.3 Å². The van der Waals surface area contributed by atoms with E-state index in [9.17, 15) is 0 Å². The first-order valence-corrected chi connectivity index (χ1v) is 7.97. The first kappa shape index (κ1) is 15.7. The highest BCUT2D eigenvalue weighted by Gasteiger charge is 2.05. The van der Waals surface area contributed by atoms with Crippen LogP contribution in [0.15, 0.2) is 54.6 Å². The van der Waals surface area contributed by atoms with Crippen LogP contribution in [0.1, 0.15) is 19.8 Å². The molecule has 2 aromatic rings. The quantitative estimate of drug-likeness (QED) is 0.733. The van der Waals surface area contributed by atoms with E-state index in [2.05, 4.69) is 47.5 Å². The summed E-state index contributed by atoms with van der Waals surface area (Å²) >= 11 is 5.90. The van der Waals surface area contributed by atoms with Gasteiger partial charge in [0.25, 0.3) is 0 Å². The lowest BCUT2D eigenvalue weighted by atomic mass is 10.2. The monoisotopic (exact) mass is 302 g/mol. The molecule has 0 aliphatic heterocycles. The van der Waals surface area contributed by atoms with E-state index in [1.165, 1.54) is 18.5 Å². The van der Waals surface area contributed by atoms with Crippen molar-refractivity contribution < 1.29 is 0 Å². The fraction of sp³-hybridized carbons (Fsp3) is 0.333. The van der Waals surface area contributed by atoms with Crippen LogP contribution in [-0.4, -0.2) is 19.6 Å². The van der Waals surface area contributed by atoms with E-state index >= 15 is 0 Å². The van der Waals surface area contributed by atoms with Gasteiger partial charge >= 0.3 is 0 Å². The molecule has 0 heterocycles. The molecule has 0 unspecified atom stereocenters. The Morgan fingerprint density at radius 2 is 1.67 bits per heavy atom. The second-order valence-electron chi connectivity index (χ2n) is 5.11. The van der Waals surface area contributed by atoms with Crippen molar-refractivity contribution in [1.29, 1.82) is 0 Å². The van der Waals surface area contributed by atoms with Crippen LogP contribution in [0.4, 0.5) is 11.4 Å². The Morgan fingerprint density at radius 1 is 0.952 bits per heavy atom. The molecule has 0 aromatic heterocycles. The molecular weight excluding hydrogens is 280 g/mol. The molecule has 0 bridgehead atoms. The zero-order chi connectivity index (χ0) is 14.9. The highest BCUT2D eigenvalue weighted by atomic mass is 35.5. The number of halogens is 1. The standard InChI is InChI=1S/C18H23ClN2/c1-2-3-14-21(18-7-5-4-6-8-18)15-13-20-17-11-9-16(19)10-12-17/h4-12,20H,2-3,13-15H2,1H3. The predicted molar refractivity (Wildman–Crippen MR) is 93.5 cm³/mol. The van der Waals surface area contributed by atoms with Gasteiger partial charge in [0.15, 0.2) is 0 Å². The van der Waals surface area contributed by atoms with Crippen LogP contribution in [0.3, 0.4) is 0 Å². The van der Waals surface area contributed by atoms with Gasteiger partial charge in [-0.05, 0) is 42.8 Å². The lowest BCUT2D eigenvalue weighted by molar-refractivity contribution is 0.722. The number of nitrogens with one attached hydrogen (secondary N) is 1. The summed E-state index contributed by atoms with van der Waals surface area (Å²) in [6.07, 6.45) is 2.43. The molecule has 0 aliphatic rings. The number of rotatable bonds is 8. The minimum atomic E-state index is 0.773. The van der Waals surface area contributed by atoms with Gasteiger partial charge < -0.3 is 10.2 Å². The van der Waals surface area contributed by atoms with Crippen LogP contribution >= 0.6 is 11.6 Å². The maximum Gasteiger partial charge on any atom is 0.0407 e. The summed E-state index contributed by atoms with van der Waals surface area (Å²) in [6.45, 7) is 5.24. The first-order chi connectivity index (χ1) is 10.3. The minimum absolute atomic E-state index is 0.773. The molecule has 2 nitrogen and oxygen atoms in total. The van der Waals surface area contributed by atoms with Gasteiger partial charge in [0.1, 0.15) is 0 Å². The fourth-order valence-electron chi connectivity index (χ4n) is 2.26. The third kappa shape index (κ3) is 5.31. The summed E-state index contributed by atoms with van der Waals surface area (Å²) in [5.41, 5.74) is 2.41. The summed E-state index contributed by atoms with van der Waals surface area (Å²) < 4.78 is 0. The second kappa shape index (κ2) is 8.58. The van der Waals surface area contributed by atoms with Gasteiger partial charge in [-0.3, -0.25) is 0 Å². The average Bonchev–Trinajstić information content (AvgIpc) is 2.53. The van der Waals surface area contributed by atoms with E-state index in [0.29, 0.717) is 0 Å². The molecule has 2 rings (SSSR count). The predicted octanol–water partition coefficient (Wildman–Crippen LogP) is 5.06. The molecule has 3 heteroatoms. The van der Waals surface area contributed by atoms with Crippen molar-refractivity contribution in [3.05, 3.63) is 59.6 Å². The Bertz CT molecular complexity index is 511. The highest BCUT2D eigenvalue weighted by molar-refractivity contribution is 6.30. The van der Waals surface area contributed by atoms with Gasteiger partial charge in [-0.15, -0.1) is 0 Å². The average molecular weight is 303 g/mol. The minimum Gasteiger partial charge on any atom is -0.383 e. The Labute approximate surface area is 132 Å². The Morgan fingerprint density at radius 3 is 2.33 bits per heavy atom. The molecule has 0 saturated carbocycles. The van der Waals surface area contributed by atoms with Crippen LogP contribution in [0.5, 0.6) is 0 Å². The molecule has 0 fully saturated rings. The maximum absolute atomic E-state index is 5.90. The number of unbranched alkanes of at least 4 members (excludes halogenated alkanes) is 1. The lowest BCUT2D eigenvalue weighted by Crippen LogP contribution is -2.30. The Balaban J connectivity index is 1.88. The smallest absolute Gasteiger partial charge is 0.0407 e. The number of benzene rings is 2. The molecule has 2 aromatic carbocycles. The van der Waals surface area contributed by atoms with Crippen molar-refractivity contribution in [2.45, 2.75) is 19.8 Å². The van der Waals surface area contributed by atoms with E-state index in [-0.39, 0.29) is 0 Å². The number of nitrogens with zero attached hydrogens (tertiary/aromatic N) is 1. The molecule has 1 N–H and O–H groups in total. The zero-order valence-corrected chi connectivity index (χ0v) is 13.3. The number of para-hydroxylation sites is 1. The molecular formula is C18H23ClN2. The van der Waals surface area contributed by atoms with Gasteiger partial charge in [0.2, 0.25) is 0 Å². The van der Waals surface area contributed by atoms with E-state index in [1.807, 2.05) is 24.3 Å². The van der Waals surface area contributed by atoms with Gasteiger partial charge in [0.05, 0.1) is 0 Å². The van der Waals surface area contributed by atoms with Crippen molar-refractivity contribution in [3.8, 4) is 0 Å². The van der Waals surface area contributed by atoms with Crippen molar-refractivity contribution in [1.82, 2.24) is 0 Å². The van der Waals surface area contributed by atoms with Crippen molar-refractivity contribution in [3.63, 3.8) is 0 Å². The molecule has 112 valence electrons. The Hall–Kier alpha value is -1.67. The van der Waals surface area contributed by atoms with Crippen LogP contribution in [0, 0.1) is 0 Å². The lowest BCUT2D eigenvalue weighted by Gasteiger charge is -2.25. The zero-order valence-electron chi connectivity index (χ0n) is 12.6. The van der Waals surface area contributed by atoms with E-state index in [4.69, 9.17) is 11.6 Å². The van der Waals surface area contributed by atoms with E-state index in [0.717, 1.165) is 30.3 Å². The van der Waals surface area contributed by atoms with Crippen LogP contribution in [0.25, 0.3) is 0 Å². The number of hydrogen-bond donors (Lipinski definition) is 1. The van der Waals surface area contributed by atoms with E-state index in [1.54, 1.807) is 0 Å². The molecule has 0 atom stereocenters. The van der Waals surface area contributed by atoms with Crippen molar-refractivity contribution in [2.24, 2.45) is 0 Å². The maximum atomic E-state index is 5.90. The summed E-state index contributed by atoms with van der Waals surface area (Å²) in [5, 5.41) is 4.22. The van der Waals surface area contributed by atoms with Crippen LogP contribution in [0.2, 0.25) is 5.02 Å². The molecule has 0 saturated heterocycles. The largest absolute Gasteiger partial charge is 0.383 e. The van der Waals surface area contributed by atoms with Gasteiger partial charge in [-0.25, -0.2) is 0 Å². The van der Waals surface area contributed by atoms with Gasteiger partial charge in [0, 0.05) is 36.0 Å². The highest BCUT2D eigenvalue weighted by Crippen LogP contribution is 2.15. The first-order valence-electron chi connectivity index (χ1n) is 7.59. The Kier molecular flexibility index (Phi) is 6.42. The summed E-state index contributed by atoms with van der Waals surface area (Å²) in [7, 11) is 0. The molecule has 0 aliphatic carbocycles. The van der Waals surface area contributed by atoms with Crippen molar-refractivity contribution in [2.75, 3.05) is 29.9 Å². The SMILES string of the molecule is CCCCN(CCNc1ccc(Cl)cc1)c1ccccc1. The second-order valence-corrected chi connectivity index (χ2v) is 5.55. The molecule has 21 heavy (non-hydrogen) atoms. The van der Waals surface area contributed by atoms with Crippen LogP contribution in [-0.2, 0) is 0 Å².